The standard InChI is InChI=1S/C22H28N2O2/c25-22(21-4-3-15-26-21)24-13-9-19(10-14-24)16-18-5-7-20(8-6-18)17-23-11-1-2-12-23/h3-8,15,19H,1-2,9-14,16-17H2. The fraction of sp³-hybridized carbons (Fsp3) is 0.500. The van der Waals surface area contributed by atoms with Crippen LogP contribution in [0.1, 0.15) is 47.4 Å². The van der Waals surface area contributed by atoms with Crippen LogP contribution >= 0.6 is 0 Å². The first kappa shape index (κ1) is 17.3. The molecule has 0 saturated carbocycles. The van der Waals surface area contributed by atoms with E-state index in [0.717, 1.165) is 38.9 Å². The van der Waals surface area contributed by atoms with E-state index in [2.05, 4.69) is 29.2 Å². The highest BCUT2D eigenvalue weighted by molar-refractivity contribution is 5.91. The molecule has 4 rings (SSSR count). The summed E-state index contributed by atoms with van der Waals surface area (Å²) in [6, 6.07) is 12.7. The predicted molar refractivity (Wildman–Crippen MR) is 102 cm³/mol. The van der Waals surface area contributed by atoms with Crippen LogP contribution in [0.3, 0.4) is 0 Å². The van der Waals surface area contributed by atoms with Crippen molar-refractivity contribution < 1.29 is 9.21 Å². The molecule has 0 spiro atoms. The number of hydrogen-bond acceptors (Lipinski definition) is 3. The number of carbonyl (C=O) groups excluding carboxylic acids is 1. The SMILES string of the molecule is O=C(c1ccco1)N1CCC(Cc2ccc(CN3CCCC3)cc2)CC1. The number of amides is 1. The molecule has 0 N–H and O–H groups in total. The Morgan fingerprint density at radius 3 is 2.31 bits per heavy atom. The lowest BCUT2D eigenvalue weighted by Gasteiger charge is -2.31. The lowest BCUT2D eigenvalue weighted by atomic mass is 9.90. The minimum atomic E-state index is 0.0275. The summed E-state index contributed by atoms with van der Waals surface area (Å²) in [5.74, 6) is 1.15. The van der Waals surface area contributed by atoms with Crippen LogP contribution in [0.2, 0.25) is 0 Å². The van der Waals surface area contributed by atoms with Crippen LogP contribution in [0, 0.1) is 5.92 Å². The van der Waals surface area contributed by atoms with E-state index in [4.69, 9.17) is 4.42 Å². The molecular weight excluding hydrogens is 324 g/mol. The quantitative estimate of drug-likeness (QED) is 0.817. The van der Waals surface area contributed by atoms with Gasteiger partial charge in [0, 0.05) is 19.6 Å². The van der Waals surface area contributed by atoms with Crippen LogP contribution in [-0.4, -0.2) is 41.9 Å². The first-order chi connectivity index (χ1) is 12.8. The Kier molecular flexibility index (Phi) is 5.40. The van der Waals surface area contributed by atoms with Crippen molar-refractivity contribution in [3.63, 3.8) is 0 Å². The van der Waals surface area contributed by atoms with Gasteiger partial charge in [-0.3, -0.25) is 9.69 Å². The summed E-state index contributed by atoms with van der Waals surface area (Å²) in [6.07, 6.45) is 7.52. The Bertz CT molecular complexity index is 694. The second-order valence-electron chi connectivity index (χ2n) is 7.72. The fourth-order valence-corrected chi connectivity index (χ4v) is 4.21. The van der Waals surface area contributed by atoms with Crippen LogP contribution in [-0.2, 0) is 13.0 Å². The third-order valence-electron chi connectivity index (χ3n) is 5.79. The number of nitrogens with zero attached hydrogens (tertiary/aromatic N) is 2. The van der Waals surface area contributed by atoms with Gasteiger partial charge in [0.2, 0.25) is 0 Å². The largest absolute Gasteiger partial charge is 0.459 e. The van der Waals surface area contributed by atoms with Gasteiger partial charge >= 0.3 is 0 Å². The summed E-state index contributed by atoms with van der Waals surface area (Å²) >= 11 is 0. The van der Waals surface area contributed by atoms with Gasteiger partial charge in [0.1, 0.15) is 0 Å². The summed E-state index contributed by atoms with van der Waals surface area (Å²) in [4.78, 5) is 16.8. The smallest absolute Gasteiger partial charge is 0.289 e. The van der Waals surface area contributed by atoms with Crippen LogP contribution < -0.4 is 0 Å². The van der Waals surface area contributed by atoms with E-state index >= 15 is 0 Å². The normalized spacial score (nSPS) is 19.2. The van der Waals surface area contributed by atoms with E-state index in [0.29, 0.717) is 11.7 Å². The number of hydrogen-bond donors (Lipinski definition) is 0. The van der Waals surface area contributed by atoms with E-state index in [-0.39, 0.29) is 5.91 Å². The zero-order chi connectivity index (χ0) is 17.8. The van der Waals surface area contributed by atoms with Gasteiger partial charge in [-0.25, -0.2) is 0 Å². The van der Waals surface area contributed by atoms with E-state index in [1.165, 1.54) is 37.1 Å². The Balaban J connectivity index is 1.25. The molecule has 3 heterocycles. The Labute approximate surface area is 155 Å². The van der Waals surface area contributed by atoms with Crippen LogP contribution in [0.15, 0.2) is 47.1 Å². The molecule has 2 fully saturated rings. The summed E-state index contributed by atoms with van der Waals surface area (Å²) in [7, 11) is 0. The highest BCUT2D eigenvalue weighted by Crippen LogP contribution is 2.23. The molecule has 1 aromatic carbocycles. The van der Waals surface area contributed by atoms with E-state index in [9.17, 15) is 4.79 Å². The molecule has 0 aliphatic carbocycles. The second kappa shape index (κ2) is 8.09. The molecule has 26 heavy (non-hydrogen) atoms. The maximum atomic E-state index is 12.3. The van der Waals surface area contributed by atoms with Crippen molar-refractivity contribution in [1.29, 1.82) is 0 Å². The summed E-state index contributed by atoms with van der Waals surface area (Å²) in [5, 5.41) is 0. The first-order valence-electron chi connectivity index (χ1n) is 9.91. The van der Waals surface area contributed by atoms with E-state index < -0.39 is 0 Å². The monoisotopic (exact) mass is 352 g/mol. The third-order valence-corrected chi connectivity index (χ3v) is 5.79. The van der Waals surface area contributed by atoms with E-state index in [1.54, 1.807) is 18.4 Å². The molecule has 0 bridgehead atoms. The number of benzene rings is 1. The molecule has 4 heteroatoms. The number of furan rings is 1. The van der Waals surface area contributed by atoms with Gasteiger partial charge in [-0.1, -0.05) is 24.3 Å². The van der Waals surface area contributed by atoms with Crippen molar-refractivity contribution in [2.45, 2.75) is 38.6 Å². The molecule has 2 aliphatic rings. The van der Waals surface area contributed by atoms with Gasteiger partial charge < -0.3 is 9.32 Å². The third kappa shape index (κ3) is 4.18. The molecular formula is C22H28N2O2. The molecule has 2 saturated heterocycles. The molecule has 1 amide bonds. The molecule has 0 atom stereocenters. The average molecular weight is 352 g/mol. The predicted octanol–water partition coefficient (Wildman–Crippen LogP) is 3.97. The van der Waals surface area contributed by atoms with Crippen LogP contribution in [0.4, 0.5) is 0 Å². The number of likely N-dealkylation sites (tertiary alicyclic amines) is 2. The minimum Gasteiger partial charge on any atom is -0.459 e. The van der Waals surface area contributed by atoms with Crippen molar-refractivity contribution in [2.24, 2.45) is 5.92 Å². The van der Waals surface area contributed by atoms with Crippen LogP contribution in [0.25, 0.3) is 0 Å². The zero-order valence-electron chi connectivity index (χ0n) is 15.4. The summed E-state index contributed by atoms with van der Waals surface area (Å²) in [6.45, 7) is 5.25. The van der Waals surface area contributed by atoms with Crippen molar-refractivity contribution in [3.8, 4) is 0 Å². The zero-order valence-corrected chi connectivity index (χ0v) is 15.4. The average Bonchev–Trinajstić information content (AvgIpc) is 3.37. The molecule has 138 valence electrons. The molecule has 2 aliphatic heterocycles. The van der Waals surface area contributed by atoms with Gasteiger partial charge in [-0.2, -0.15) is 0 Å². The maximum absolute atomic E-state index is 12.3. The lowest BCUT2D eigenvalue weighted by molar-refractivity contribution is 0.0658. The van der Waals surface area contributed by atoms with Gasteiger partial charge in [-0.15, -0.1) is 0 Å². The van der Waals surface area contributed by atoms with Crippen molar-refractivity contribution in [1.82, 2.24) is 9.80 Å². The highest BCUT2D eigenvalue weighted by atomic mass is 16.3. The van der Waals surface area contributed by atoms with Crippen molar-refractivity contribution in [3.05, 3.63) is 59.5 Å². The first-order valence-corrected chi connectivity index (χ1v) is 9.91. The van der Waals surface area contributed by atoms with Gasteiger partial charge in [0.15, 0.2) is 5.76 Å². The number of carbonyl (C=O) groups is 1. The van der Waals surface area contributed by atoms with Crippen LogP contribution in [0.5, 0.6) is 0 Å². The molecule has 0 unspecified atom stereocenters. The summed E-state index contributed by atoms with van der Waals surface area (Å²) < 4.78 is 5.23. The lowest BCUT2D eigenvalue weighted by Crippen LogP contribution is -2.38. The van der Waals surface area contributed by atoms with Gasteiger partial charge in [-0.05, 0) is 74.4 Å². The van der Waals surface area contributed by atoms with Crippen molar-refractivity contribution in [2.75, 3.05) is 26.2 Å². The molecule has 2 aromatic rings. The highest BCUT2D eigenvalue weighted by Gasteiger charge is 2.25. The molecule has 4 nitrogen and oxygen atoms in total. The molecule has 1 aromatic heterocycles. The Morgan fingerprint density at radius 1 is 0.962 bits per heavy atom. The Hall–Kier alpha value is -2.07. The Morgan fingerprint density at radius 2 is 1.65 bits per heavy atom. The van der Waals surface area contributed by atoms with Gasteiger partial charge in [0.05, 0.1) is 6.26 Å². The maximum Gasteiger partial charge on any atom is 0.289 e. The number of rotatable bonds is 5. The topological polar surface area (TPSA) is 36.7 Å². The number of piperidine rings is 1. The minimum absolute atomic E-state index is 0.0275. The van der Waals surface area contributed by atoms with Crippen molar-refractivity contribution >= 4 is 5.91 Å². The van der Waals surface area contributed by atoms with Gasteiger partial charge in [0.25, 0.3) is 5.91 Å². The second-order valence-corrected chi connectivity index (χ2v) is 7.72. The van der Waals surface area contributed by atoms with E-state index in [1.807, 2.05) is 4.90 Å². The fourth-order valence-electron chi connectivity index (χ4n) is 4.21. The molecule has 0 radical (unpaired) electrons. The summed E-state index contributed by atoms with van der Waals surface area (Å²) in [5.41, 5.74) is 2.85.